The first-order chi connectivity index (χ1) is 10.1. The Hall–Kier alpha value is -2.22. The van der Waals surface area contributed by atoms with Gasteiger partial charge in [0.15, 0.2) is 0 Å². The third-order valence-corrected chi connectivity index (χ3v) is 4.61. The molecule has 0 saturated carbocycles. The maximum Gasteiger partial charge on any atom is 0.500 e. The molecule has 1 aromatic rings. The number of carbonyl (C=O) groups is 2. The quantitative estimate of drug-likeness (QED) is 0.603. The van der Waals surface area contributed by atoms with Crippen LogP contribution in [-0.4, -0.2) is 55.4 Å². The smallest absolute Gasteiger partial charge is 0.381 e. The molecule has 8 heteroatoms. The van der Waals surface area contributed by atoms with E-state index in [1.165, 1.54) is 14.1 Å². The van der Waals surface area contributed by atoms with Crippen molar-refractivity contribution in [3.05, 3.63) is 29.3 Å². The first-order valence-corrected chi connectivity index (χ1v) is 8.00. The van der Waals surface area contributed by atoms with Crippen LogP contribution in [0.4, 0.5) is 4.79 Å². The van der Waals surface area contributed by atoms with E-state index in [0.717, 1.165) is 26.8 Å². The summed E-state index contributed by atoms with van der Waals surface area (Å²) in [6, 6.07) is 4.41. The van der Waals surface area contributed by atoms with Crippen LogP contribution >= 0.6 is 0 Å². The van der Waals surface area contributed by atoms with Crippen LogP contribution in [0.2, 0.25) is 0 Å². The molecule has 1 atom stereocenters. The van der Waals surface area contributed by atoms with Gasteiger partial charge in [-0.05, 0) is 37.1 Å². The van der Waals surface area contributed by atoms with Crippen LogP contribution in [0.15, 0.2) is 18.2 Å². The van der Waals surface area contributed by atoms with Gasteiger partial charge in [0, 0.05) is 0 Å². The topological polar surface area (TPSA) is 83.8 Å². The Bertz CT molecular complexity index is 762. The molecule has 0 bridgehead atoms. The molecule has 0 fully saturated rings. The molecule has 1 unspecified atom stereocenters. The summed E-state index contributed by atoms with van der Waals surface area (Å²) in [4.78, 5) is 24.4. The Morgan fingerprint density at radius 1 is 1.14 bits per heavy atom. The van der Waals surface area contributed by atoms with Gasteiger partial charge >= 0.3 is 22.1 Å². The lowest BCUT2D eigenvalue weighted by atomic mass is 10.1. The molecule has 1 heterocycles. The number of hydrogen-bond donors (Lipinski definition) is 0. The molecule has 0 aromatic heterocycles. The van der Waals surface area contributed by atoms with E-state index < -0.39 is 27.3 Å². The summed E-state index contributed by atoms with van der Waals surface area (Å²) in [5.41, 5.74) is 1.68. The van der Waals surface area contributed by atoms with Crippen LogP contribution in [0, 0.1) is 13.8 Å². The number of carbonyl (C=O) groups excluding carboxylic acids is 2. The fraction of sp³-hybridized carbons (Fsp3) is 0.357. The van der Waals surface area contributed by atoms with Gasteiger partial charge in [0.05, 0.1) is 14.1 Å². The van der Waals surface area contributed by atoms with Crippen molar-refractivity contribution >= 4 is 28.3 Å². The molecule has 0 aliphatic carbocycles. The summed E-state index contributed by atoms with van der Waals surface area (Å²) >= 11 is 0. The number of nitrogens with zero attached hydrogens (tertiary/aromatic N) is 2. The Labute approximate surface area is 128 Å². The number of benzene rings is 1. The third kappa shape index (κ3) is 3.01. The van der Waals surface area contributed by atoms with E-state index in [-0.39, 0.29) is 5.75 Å². The lowest BCUT2D eigenvalue weighted by Crippen LogP contribution is -2.54. The molecule has 2 rings (SSSR count). The Kier molecular flexibility index (Phi) is 4.06. The predicted octanol–water partition coefficient (Wildman–Crippen LogP) is 0.686. The monoisotopic (exact) mass is 325 g/mol. The van der Waals surface area contributed by atoms with Crippen LogP contribution in [0.25, 0.3) is 0 Å². The van der Waals surface area contributed by atoms with Crippen molar-refractivity contribution in [1.29, 1.82) is 0 Å². The molecule has 0 N–H and O–H groups in total. The molecule has 3 amide bonds. The standard InChI is InChI=1S/C14H17N2O5S/c1-9-5-10(2)7-11(6-9)21-22(19,20)12-8-15(3)14(18)16(4)13(12)17/h5-8,12H,1-4H3/q+1. The normalized spacial score (nSPS) is 19.2. The highest BCUT2D eigenvalue weighted by atomic mass is 32.2. The molecule has 0 radical (unpaired) electrons. The molecule has 1 aromatic carbocycles. The van der Waals surface area contributed by atoms with Gasteiger partial charge in [-0.2, -0.15) is 18.1 Å². The molecular weight excluding hydrogens is 308 g/mol. The molecular formula is C14H17N2O5S+. The predicted molar refractivity (Wildman–Crippen MR) is 79.7 cm³/mol. The fourth-order valence-electron chi connectivity index (χ4n) is 2.22. The summed E-state index contributed by atoms with van der Waals surface area (Å²) in [6.45, 7) is 3.62. The second-order valence-corrected chi connectivity index (χ2v) is 6.92. The fourth-order valence-corrected chi connectivity index (χ4v) is 3.42. The number of urea groups is 1. The SMILES string of the molecule is Cc1cc(C)cc(OS(=O)(=O)C2C=[N+](C)C(=O)N(C)C2=O)c1. The van der Waals surface area contributed by atoms with E-state index in [4.69, 9.17) is 4.18 Å². The van der Waals surface area contributed by atoms with E-state index >= 15 is 0 Å². The number of aryl methyl sites for hydroxylation is 2. The van der Waals surface area contributed by atoms with Gasteiger partial charge in [0.25, 0.3) is 5.25 Å². The average Bonchev–Trinajstić information content (AvgIpc) is 2.38. The first-order valence-electron chi connectivity index (χ1n) is 6.53. The summed E-state index contributed by atoms with van der Waals surface area (Å²) in [6.07, 6.45) is 1.04. The van der Waals surface area contributed by atoms with Gasteiger partial charge in [-0.1, -0.05) is 6.07 Å². The van der Waals surface area contributed by atoms with Gasteiger partial charge in [0.1, 0.15) is 12.0 Å². The van der Waals surface area contributed by atoms with Crippen LogP contribution in [0.5, 0.6) is 5.75 Å². The van der Waals surface area contributed by atoms with Gasteiger partial charge in [0.2, 0.25) is 0 Å². The van der Waals surface area contributed by atoms with Crippen LogP contribution < -0.4 is 4.18 Å². The molecule has 1 aliphatic heterocycles. The second-order valence-electron chi connectivity index (χ2n) is 5.26. The van der Waals surface area contributed by atoms with E-state index in [1.807, 2.05) is 19.9 Å². The Balaban J connectivity index is 2.38. The minimum atomic E-state index is -4.25. The van der Waals surface area contributed by atoms with Crippen LogP contribution in [0.1, 0.15) is 11.1 Å². The highest BCUT2D eigenvalue weighted by Crippen LogP contribution is 2.20. The first kappa shape index (κ1) is 16.2. The Morgan fingerprint density at radius 3 is 2.23 bits per heavy atom. The zero-order valence-electron chi connectivity index (χ0n) is 12.7. The van der Waals surface area contributed by atoms with Crippen molar-refractivity contribution in [3.8, 4) is 5.75 Å². The zero-order valence-corrected chi connectivity index (χ0v) is 13.5. The highest BCUT2D eigenvalue weighted by molar-refractivity contribution is 7.89. The van der Waals surface area contributed by atoms with Gasteiger partial charge in [-0.15, -0.1) is 0 Å². The minimum absolute atomic E-state index is 0.140. The number of amides is 3. The Morgan fingerprint density at radius 2 is 1.68 bits per heavy atom. The van der Waals surface area contributed by atoms with E-state index in [0.29, 0.717) is 0 Å². The molecule has 7 nitrogen and oxygen atoms in total. The maximum absolute atomic E-state index is 12.3. The summed E-state index contributed by atoms with van der Waals surface area (Å²) in [7, 11) is -1.64. The van der Waals surface area contributed by atoms with Crippen molar-refractivity contribution in [2.24, 2.45) is 0 Å². The molecule has 0 saturated heterocycles. The molecule has 0 spiro atoms. The molecule has 1 aliphatic rings. The van der Waals surface area contributed by atoms with Crippen molar-refractivity contribution in [2.45, 2.75) is 19.1 Å². The largest absolute Gasteiger partial charge is 0.500 e. The lowest BCUT2D eigenvalue weighted by Gasteiger charge is -2.19. The summed E-state index contributed by atoms with van der Waals surface area (Å²) in [5.74, 6) is -0.701. The van der Waals surface area contributed by atoms with Crippen LogP contribution in [-0.2, 0) is 14.9 Å². The van der Waals surface area contributed by atoms with Crippen molar-refractivity contribution < 1.29 is 26.8 Å². The van der Waals surface area contributed by atoms with Crippen molar-refractivity contribution in [2.75, 3.05) is 14.1 Å². The second kappa shape index (κ2) is 5.53. The average molecular weight is 325 g/mol. The van der Waals surface area contributed by atoms with E-state index in [2.05, 4.69) is 0 Å². The zero-order chi connectivity index (χ0) is 16.7. The molecule has 118 valence electrons. The number of hydrogen-bond acceptors (Lipinski definition) is 5. The molecule has 22 heavy (non-hydrogen) atoms. The highest BCUT2D eigenvalue weighted by Gasteiger charge is 2.47. The van der Waals surface area contributed by atoms with Gasteiger partial charge < -0.3 is 4.18 Å². The number of rotatable bonds is 3. The van der Waals surface area contributed by atoms with E-state index in [9.17, 15) is 18.0 Å². The van der Waals surface area contributed by atoms with E-state index in [1.54, 1.807) is 12.1 Å². The third-order valence-electron chi connectivity index (χ3n) is 3.24. The lowest BCUT2D eigenvalue weighted by molar-refractivity contribution is -0.399. The van der Waals surface area contributed by atoms with Crippen LogP contribution in [0.3, 0.4) is 0 Å². The van der Waals surface area contributed by atoms with Crippen molar-refractivity contribution in [1.82, 2.24) is 4.90 Å². The van der Waals surface area contributed by atoms with Gasteiger partial charge in [-0.3, -0.25) is 0 Å². The van der Waals surface area contributed by atoms with Crippen molar-refractivity contribution in [3.63, 3.8) is 0 Å². The number of imide groups is 1. The minimum Gasteiger partial charge on any atom is -0.381 e. The van der Waals surface area contributed by atoms with Gasteiger partial charge in [-0.25, -0.2) is 9.37 Å². The maximum atomic E-state index is 12.3. The summed E-state index contributed by atoms with van der Waals surface area (Å²) < 4.78 is 30.8. The summed E-state index contributed by atoms with van der Waals surface area (Å²) in [5, 5.41) is -1.55.